The van der Waals surface area contributed by atoms with Crippen LogP contribution in [0.4, 0.5) is 0 Å². The Labute approximate surface area is 153 Å². The lowest BCUT2D eigenvalue weighted by molar-refractivity contribution is 0.318. The Morgan fingerprint density at radius 2 is 2.12 bits per heavy atom. The van der Waals surface area contributed by atoms with E-state index in [0.29, 0.717) is 23.1 Å². The van der Waals surface area contributed by atoms with E-state index in [-0.39, 0.29) is 32.9 Å². The molecule has 0 saturated carbocycles. The van der Waals surface area contributed by atoms with Gasteiger partial charge >= 0.3 is 0 Å². The summed E-state index contributed by atoms with van der Waals surface area (Å²) in [6.07, 6.45) is 1.59. The maximum absolute atomic E-state index is 12.1. The summed E-state index contributed by atoms with van der Waals surface area (Å²) in [5.74, 6) is 0.368. The minimum atomic E-state index is -0.272. The summed E-state index contributed by atoms with van der Waals surface area (Å²) in [6, 6.07) is 10.1. The van der Waals surface area contributed by atoms with Crippen LogP contribution in [0.25, 0.3) is 22.0 Å². The third kappa shape index (κ3) is 3.62. The normalized spacial score (nSPS) is 11.7. The third-order valence-corrected chi connectivity index (χ3v) is 4.06. The number of para-hydroxylation sites is 1. The number of benzene rings is 2. The van der Waals surface area contributed by atoms with Gasteiger partial charge in [0.1, 0.15) is 0 Å². The highest BCUT2D eigenvalue weighted by Gasteiger charge is 2.11. The summed E-state index contributed by atoms with van der Waals surface area (Å²) in [5, 5.41) is 10.7. The van der Waals surface area contributed by atoms with E-state index < -0.39 is 0 Å². The fraction of sp³-hybridized carbons (Fsp3) is 0.111. The van der Waals surface area contributed by atoms with Gasteiger partial charge < -0.3 is 14.8 Å². The fourth-order valence-electron chi connectivity index (χ4n) is 2.36. The van der Waals surface area contributed by atoms with Gasteiger partial charge in [-0.1, -0.05) is 35.3 Å². The molecule has 1 aromatic heterocycles. The minimum Gasteiger partial charge on any atom is -0.503 e. The van der Waals surface area contributed by atoms with E-state index in [1.807, 2.05) is 0 Å². The zero-order valence-corrected chi connectivity index (χ0v) is 14.7. The molecule has 25 heavy (non-hydrogen) atoms. The molecule has 7 heteroatoms. The highest BCUT2D eigenvalue weighted by Crippen LogP contribution is 2.36. The van der Waals surface area contributed by atoms with Crippen molar-refractivity contribution in [2.24, 2.45) is 0 Å². The summed E-state index contributed by atoms with van der Waals surface area (Å²) >= 11 is 12.3. The first kappa shape index (κ1) is 17.3. The molecule has 3 rings (SSSR count). The molecule has 2 aromatic carbocycles. The average Bonchev–Trinajstić information content (AvgIpc) is 2.59. The molecular formula is C18H14Cl2N2O3. The molecular weight excluding hydrogens is 363 g/mol. The molecule has 0 aliphatic heterocycles. The second kappa shape index (κ2) is 7.17. The molecule has 0 amide bonds. The average molecular weight is 377 g/mol. The van der Waals surface area contributed by atoms with Crippen molar-refractivity contribution in [2.75, 3.05) is 6.61 Å². The molecule has 0 spiro atoms. The maximum atomic E-state index is 12.1. The number of phenolic OH excluding ortho intramolecular Hbond substituents is 1. The number of hydrogen-bond donors (Lipinski definition) is 2. The third-order valence-electron chi connectivity index (χ3n) is 3.48. The first-order valence-corrected chi connectivity index (χ1v) is 8.27. The van der Waals surface area contributed by atoms with Crippen LogP contribution in [0, 0.1) is 0 Å². The van der Waals surface area contributed by atoms with Crippen LogP contribution in [0.5, 0.6) is 11.5 Å². The zero-order valence-electron chi connectivity index (χ0n) is 13.2. The van der Waals surface area contributed by atoms with Crippen molar-refractivity contribution >= 4 is 45.2 Å². The maximum Gasteiger partial charge on any atom is 0.259 e. The number of hydrogen-bond acceptors (Lipinski definition) is 4. The van der Waals surface area contributed by atoms with E-state index in [9.17, 15) is 9.90 Å². The number of rotatable bonds is 4. The highest BCUT2D eigenvalue weighted by atomic mass is 35.5. The molecule has 1 heterocycles. The molecule has 0 bridgehead atoms. The zero-order chi connectivity index (χ0) is 18.0. The Bertz CT molecular complexity index is 1030. The van der Waals surface area contributed by atoms with Gasteiger partial charge in [-0.05, 0) is 42.8 Å². The van der Waals surface area contributed by atoms with Crippen LogP contribution in [0.15, 0.2) is 41.2 Å². The number of nitrogens with one attached hydrogen (secondary N) is 1. The molecule has 0 unspecified atom stereocenters. The van der Waals surface area contributed by atoms with Gasteiger partial charge in [0.05, 0.1) is 27.6 Å². The molecule has 3 aromatic rings. The lowest BCUT2D eigenvalue weighted by atomic mass is 10.1. The van der Waals surface area contributed by atoms with Crippen molar-refractivity contribution in [2.45, 2.75) is 6.92 Å². The van der Waals surface area contributed by atoms with Crippen molar-refractivity contribution < 1.29 is 9.84 Å². The molecule has 0 fully saturated rings. The van der Waals surface area contributed by atoms with Gasteiger partial charge in [0.15, 0.2) is 17.3 Å². The summed E-state index contributed by atoms with van der Waals surface area (Å²) in [6.45, 7) is 2.18. The van der Waals surface area contributed by atoms with Crippen LogP contribution < -0.4 is 10.3 Å². The Morgan fingerprint density at radius 3 is 2.88 bits per heavy atom. The second-order valence-corrected chi connectivity index (χ2v) is 6.02. The Hall–Kier alpha value is -2.50. The van der Waals surface area contributed by atoms with E-state index in [1.165, 1.54) is 0 Å². The van der Waals surface area contributed by atoms with Gasteiger partial charge in [-0.25, -0.2) is 4.98 Å². The van der Waals surface area contributed by atoms with Crippen LogP contribution >= 0.6 is 23.2 Å². The number of fused-ring (bicyclic) bond motifs is 1. The standard InChI is InChI=1S/C18H14Cl2N2O3/c1-2-25-15-9-10(7-12(19)16(15)23)8-13(20)17-21-14-6-4-3-5-11(14)18(24)22-17/h3-9,23H,2H2,1H3,(H,21,22,24)/b13-8-. The number of ether oxygens (including phenoxy) is 1. The highest BCUT2D eigenvalue weighted by molar-refractivity contribution is 6.50. The first-order chi connectivity index (χ1) is 12.0. The first-order valence-electron chi connectivity index (χ1n) is 7.51. The molecule has 0 aliphatic rings. The molecule has 128 valence electrons. The predicted molar refractivity (Wildman–Crippen MR) is 100 cm³/mol. The molecule has 0 aliphatic carbocycles. The number of nitrogens with zero attached hydrogens (tertiary/aromatic N) is 1. The molecule has 0 saturated heterocycles. The van der Waals surface area contributed by atoms with Crippen LogP contribution in [0.3, 0.4) is 0 Å². The van der Waals surface area contributed by atoms with Gasteiger partial charge in [0.2, 0.25) is 0 Å². The number of aromatic nitrogens is 2. The molecule has 2 N–H and O–H groups in total. The number of halogens is 2. The van der Waals surface area contributed by atoms with Crippen LogP contribution in [-0.4, -0.2) is 21.7 Å². The van der Waals surface area contributed by atoms with Crippen molar-refractivity contribution in [3.8, 4) is 11.5 Å². The van der Waals surface area contributed by atoms with E-state index in [1.54, 1.807) is 49.4 Å². The van der Waals surface area contributed by atoms with E-state index in [0.717, 1.165) is 0 Å². The van der Waals surface area contributed by atoms with Crippen molar-refractivity contribution in [3.05, 3.63) is 63.2 Å². The molecule has 5 nitrogen and oxygen atoms in total. The fourth-order valence-corrected chi connectivity index (χ4v) is 2.79. The van der Waals surface area contributed by atoms with Gasteiger partial charge in [0.25, 0.3) is 5.56 Å². The SMILES string of the molecule is CCOc1cc(/C=C(\Cl)c2nc3ccccc3c(=O)[nH]2)cc(Cl)c1O. The predicted octanol–water partition coefficient (Wildman–Crippen LogP) is 4.42. The van der Waals surface area contributed by atoms with Crippen molar-refractivity contribution in [1.82, 2.24) is 9.97 Å². The van der Waals surface area contributed by atoms with Gasteiger partial charge in [-0.15, -0.1) is 0 Å². The minimum absolute atomic E-state index is 0.131. The summed E-state index contributed by atoms with van der Waals surface area (Å²) in [5.41, 5.74) is 0.879. The summed E-state index contributed by atoms with van der Waals surface area (Å²) in [7, 11) is 0. The summed E-state index contributed by atoms with van der Waals surface area (Å²) in [4.78, 5) is 19.2. The topological polar surface area (TPSA) is 75.2 Å². The van der Waals surface area contributed by atoms with Crippen molar-refractivity contribution in [3.63, 3.8) is 0 Å². The Kier molecular flexibility index (Phi) is 4.97. The van der Waals surface area contributed by atoms with Crippen molar-refractivity contribution in [1.29, 1.82) is 0 Å². The number of H-pyrrole nitrogens is 1. The van der Waals surface area contributed by atoms with Crippen LogP contribution in [-0.2, 0) is 0 Å². The van der Waals surface area contributed by atoms with Crippen LogP contribution in [0.1, 0.15) is 18.3 Å². The lowest BCUT2D eigenvalue weighted by Crippen LogP contribution is -2.10. The van der Waals surface area contributed by atoms with Gasteiger partial charge in [0, 0.05) is 0 Å². The second-order valence-electron chi connectivity index (χ2n) is 5.21. The largest absolute Gasteiger partial charge is 0.503 e. The Balaban J connectivity index is 2.06. The smallest absolute Gasteiger partial charge is 0.259 e. The molecule has 0 atom stereocenters. The molecule has 0 radical (unpaired) electrons. The summed E-state index contributed by atoms with van der Waals surface area (Å²) < 4.78 is 5.34. The number of aromatic hydroxyl groups is 1. The number of aromatic amines is 1. The van der Waals surface area contributed by atoms with Gasteiger partial charge in [-0.2, -0.15) is 0 Å². The van der Waals surface area contributed by atoms with Gasteiger partial charge in [-0.3, -0.25) is 4.79 Å². The number of phenols is 1. The lowest BCUT2D eigenvalue weighted by Gasteiger charge is -2.09. The quantitative estimate of drug-likeness (QED) is 0.706. The monoisotopic (exact) mass is 376 g/mol. The van der Waals surface area contributed by atoms with E-state index in [4.69, 9.17) is 27.9 Å². The van der Waals surface area contributed by atoms with Crippen LogP contribution in [0.2, 0.25) is 5.02 Å². The Morgan fingerprint density at radius 1 is 1.36 bits per heavy atom. The van der Waals surface area contributed by atoms with E-state index >= 15 is 0 Å². The van der Waals surface area contributed by atoms with E-state index in [2.05, 4.69) is 9.97 Å².